The second kappa shape index (κ2) is 8.51. The van der Waals surface area contributed by atoms with Crippen molar-refractivity contribution < 1.29 is 29.0 Å². The molecular formula is C22H35N3O6. The number of alkyl carbamates (subject to hydrolysis) is 1. The van der Waals surface area contributed by atoms with Crippen LogP contribution in [0.4, 0.5) is 4.79 Å². The van der Waals surface area contributed by atoms with Gasteiger partial charge in [-0.25, -0.2) is 9.59 Å². The minimum Gasteiger partial charge on any atom is -0.479 e. The molecule has 1 aliphatic heterocycles. The van der Waals surface area contributed by atoms with Crippen molar-refractivity contribution in [3.63, 3.8) is 0 Å². The van der Waals surface area contributed by atoms with E-state index in [-0.39, 0.29) is 12.3 Å². The number of hydrogen-bond donors (Lipinski definition) is 3. The molecule has 174 valence electrons. The molecule has 0 spiro atoms. The molecule has 31 heavy (non-hydrogen) atoms. The van der Waals surface area contributed by atoms with Crippen molar-refractivity contribution >= 4 is 23.9 Å². The quantitative estimate of drug-likeness (QED) is 0.546. The fourth-order valence-electron chi connectivity index (χ4n) is 3.86. The summed E-state index contributed by atoms with van der Waals surface area (Å²) < 4.78 is 5.30. The van der Waals surface area contributed by atoms with Crippen LogP contribution in [-0.2, 0) is 19.1 Å². The number of nitrogens with one attached hydrogen (secondary N) is 2. The van der Waals surface area contributed by atoms with Gasteiger partial charge in [-0.15, -0.1) is 6.58 Å². The van der Waals surface area contributed by atoms with E-state index in [1.165, 1.54) is 11.0 Å². The van der Waals surface area contributed by atoms with Crippen LogP contribution in [0.3, 0.4) is 0 Å². The Bertz CT molecular complexity index is 766. The van der Waals surface area contributed by atoms with Gasteiger partial charge in [0.05, 0.1) is 0 Å². The highest BCUT2D eigenvalue weighted by Gasteiger charge is 2.61. The highest BCUT2D eigenvalue weighted by atomic mass is 16.6. The number of ether oxygens (including phenoxy) is 1. The van der Waals surface area contributed by atoms with Crippen molar-refractivity contribution in [1.29, 1.82) is 0 Å². The first-order valence-corrected chi connectivity index (χ1v) is 10.6. The van der Waals surface area contributed by atoms with Crippen LogP contribution in [0.15, 0.2) is 12.7 Å². The first-order chi connectivity index (χ1) is 14.1. The second-order valence-electron chi connectivity index (χ2n) is 10.4. The molecule has 1 saturated carbocycles. The number of aliphatic carboxylic acids is 1. The molecule has 0 aromatic heterocycles. The van der Waals surface area contributed by atoms with E-state index in [2.05, 4.69) is 17.2 Å². The Labute approximate surface area is 183 Å². The van der Waals surface area contributed by atoms with E-state index in [0.717, 1.165) is 0 Å². The van der Waals surface area contributed by atoms with E-state index in [1.54, 1.807) is 20.8 Å². The number of carboxylic acid groups (broad SMARTS) is 1. The van der Waals surface area contributed by atoms with Crippen molar-refractivity contribution in [2.24, 2.45) is 11.3 Å². The van der Waals surface area contributed by atoms with Gasteiger partial charge in [0.15, 0.2) is 0 Å². The normalized spacial score (nSPS) is 26.6. The molecule has 4 atom stereocenters. The molecule has 2 fully saturated rings. The molecule has 9 heteroatoms. The van der Waals surface area contributed by atoms with Gasteiger partial charge in [-0.05, 0) is 45.4 Å². The second-order valence-corrected chi connectivity index (χ2v) is 10.4. The Hall–Kier alpha value is -2.58. The molecule has 0 aromatic rings. The summed E-state index contributed by atoms with van der Waals surface area (Å²) in [7, 11) is 0. The molecule has 2 aliphatic rings. The van der Waals surface area contributed by atoms with Gasteiger partial charge in [-0.2, -0.15) is 0 Å². The van der Waals surface area contributed by atoms with Gasteiger partial charge in [0.1, 0.15) is 23.2 Å². The number of likely N-dealkylation sites (tertiary alicyclic amines) is 1. The van der Waals surface area contributed by atoms with Crippen molar-refractivity contribution in [3.8, 4) is 0 Å². The molecule has 3 amide bonds. The zero-order valence-electron chi connectivity index (χ0n) is 19.3. The molecule has 2 rings (SSSR count). The van der Waals surface area contributed by atoms with Gasteiger partial charge in [0.25, 0.3) is 0 Å². The third-order valence-corrected chi connectivity index (χ3v) is 5.64. The van der Waals surface area contributed by atoms with E-state index >= 15 is 0 Å². The Balaban J connectivity index is 2.17. The summed E-state index contributed by atoms with van der Waals surface area (Å²) in [4.78, 5) is 51.8. The lowest BCUT2D eigenvalue weighted by molar-refractivity contribution is -0.146. The molecule has 0 unspecified atom stereocenters. The number of carboxylic acids is 1. The van der Waals surface area contributed by atoms with Crippen LogP contribution in [-0.4, -0.2) is 63.7 Å². The molecule has 1 heterocycles. The lowest BCUT2D eigenvalue weighted by atomic mass is 9.85. The van der Waals surface area contributed by atoms with Crippen LogP contribution in [0.1, 0.15) is 60.8 Å². The number of carbonyl (C=O) groups is 4. The fourth-order valence-corrected chi connectivity index (χ4v) is 3.86. The lowest BCUT2D eigenvalue weighted by Crippen LogP contribution is -2.59. The van der Waals surface area contributed by atoms with Crippen molar-refractivity contribution in [2.75, 3.05) is 6.54 Å². The average molecular weight is 438 g/mol. The van der Waals surface area contributed by atoms with Crippen molar-refractivity contribution in [2.45, 2.75) is 84.0 Å². The zero-order chi connectivity index (χ0) is 23.8. The van der Waals surface area contributed by atoms with Crippen molar-refractivity contribution in [1.82, 2.24) is 15.5 Å². The molecule has 1 saturated heterocycles. The number of rotatable bonds is 6. The molecule has 1 aliphatic carbocycles. The summed E-state index contributed by atoms with van der Waals surface area (Å²) in [6, 6.07) is -1.70. The highest BCUT2D eigenvalue weighted by molar-refractivity contribution is 5.96. The predicted molar refractivity (Wildman–Crippen MR) is 114 cm³/mol. The van der Waals surface area contributed by atoms with Gasteiger partial charge in [-0.3, -0.25) is 9.59 Å². The lowest BCUT2D eigenvalue weighted by Gasteiger charge is -2.36. The standard InChI is InChI=1S/C22H35N3O6/c1-8-13-12-22(13,18(28)29)24-16(26)14-10-9-11-25(14)17(27)15(20(2,3)4)23-19(30)31-21(5,6)7/h8,13-15H,1,9-12H2,2-7H3,(H,23,30)(H,24,26)(H,28,29)/t13-,14+,15-,22-/m1/s1. The van der Waals surface area contributed by atoms with E-state index < -0.39 is 52.5 Å². The smallest absolute Gasteiger partial charge is 0.408 e. The van der Waals surface area contributed by atoms with Crippen LogP contribution in [0, 0.1) is 11.3 Å². The van der Waals surface area contributed by atoms with Gasteiger partial charge in [0.2, 0.25) is 11.8 Å². The first kappa shape index (κ1) is 24.7. The molecule has 0 radical (unpaired) electrons. The Kier molecular flexibility index (Phi) is 6.78. The summed E-state index contributed by atoms with van der Waals surface area (Å²) in [5.74, 6) is -2.34. The summed E-state index contributed by atoms with van der Waals surface area (Å²) in [5.41, 5.74) is -2.71. The third kappa shape index (κ3) is 5.57. The zero-order valence-corrected chi connectivity index (χ0v) is 19.3. The first-order valence-electron chi connectivity index (χ1n) is 10.6. The van der Waals surface area contributed by atoms with Gasteiger partial charge in [-0.1, -0.05) is 26.8 Å². The molecule has 9 nitrogen and oxygen atoms in total. The Morgan fingerprint density at radius 1 is 1.19 bits per heavy atom. The Morgan fingerprint density at radius 2 is 1.81 bits per heavy atom. The molecule has 0 aromatic carbocycles. The number of carbonyl (C=O) groups excluding carboxylic acids is 3. The van der Waals surface area contributed by atoms with Crippen LogP contribution < -0.4 is 10.6 Å². The van der Waals surface area contributed by atoms with Gasteiger partial charge < -0.3 is 25.4 Å². The minimum atomic E-state index is -1.35. The van der Waals surface area contributed by atoms with Crippen LogP contribution in [0.5, 0.6) is 0 Å². The monoisotopic (exact) mass is 437 g/mol. The average Bonchev–Trinajstić information content (AvgIpc) is 3.10. The summed E-state index contributed by atoms with van der Waals surface area (Å²) in [6.45, 7) is 14.6. The van der Waals surface area contributed by atoms with E-state index in [9.17, 15) is 24.3 Å². The van der Waals surface area contributed by atoms with Crippen LogP contribution >= 0.6 is 0 Å². The van der Waals surface area contributed by atoms with E-state index in [1.807, 2.05) is 20.8 Å². The predicted octanol–water partition coefficient (Wildman–Crippen LogP) is 2.06. The Morgan fingerprint density at radius 3 is 2.26 bits per heavy atom. The number of amides is 3. The maximum absolute atomic E-state index is 13.4. The maximum atomic E-state index is 13.4. The largest absolute Gasteiger partial charge is 0.479 e. The SMILES string of the molecule is C=C[C@@H]1C[C@]1(NC(=O)[C@@H]1CCCN1C(=O)[C@@H](NC(=O)OC(C)(C)C)C(C)(C)C)C(=O)O. The van der Waals surface area contributed by atoms with E-state index in [4.69, 9.17) is 4.74 Å². The van der Waals surface area contributed by atoms with Crippen molar-refractivity contribution in [3.05, 3.63) is 12.7 Å². The van der Waals surface area contributed by atoms with Crippen LogP contribution in [0.25, 0.3) is 0 Å². The molecule has 3 N–H and O–H groups in total. The number of nitrogens with zero attached hydrogens (tertiary/aromatic N) is 1. The maximum Gasteiger partial charge on any atom is 0.408 e. The van der Waals surface area contributed by atoms with Gasteiger partial charge >= 0.3 is 12.1 Å². The molecular weight excluding hydrogens is 402 g/mol. The number of hydrogen-bond acceptors (Lipinski definition) is 5. The molecule has 0 bridgehead atoms. The highest BCUT2D eigenvalue weighted by Crippen LogP contribution is 2.44. The van der Waals surface area contributed by atoms with Crippen LogP contribution in [0.2, 0.25) is 0 Å². The summed E-state index contributed by atoms with van der Waals surface area (Å²) in [5, 5.41) is 14.8. The van der Waals surface area contributed by atoms with Gasteiger partial charge in [0, 0.05) is 12.5 Å². The topological polar surface area (TPSA) is 125 Å². The summed E-state index contributed by atoms with van der Waals surface area (Å²) >= 11 is 0. The third-order valence-electron chi connectivity index (χ3n) is 5.64. The summed E-state index contributed by atoms with van der Waals surface area (Å²) in [6.07, 6.45) is 2.13. The minimum absolute atomic E-state index is 0.281. The van der Waals surface area contributed by atoms with E-state index in [0.29, 0.717) is 19.4 Å². The fraction of sp³-hybridized carbons (Fsp3) is 0.727.